The normalized spacial score (nSPS) is 15.3. The molecule has 0 bridgehead atoms. The lowest BCUT2D eigenvalue weighted by Crippen LogP contribution is -2.33. The van der Waals surface area contributed by atoms with Gasteiger partial charge in [-0.15, -0.1) is 0 Å². The van der Waals surface area contributed by atoms with Gasteiger partial charge in [-0.1, -0.05) is 6.42 Å². The topological polar surface area (TPSA) is 87.5 Å². The van der Waals surface area contributed by atoms with Gasteiger partial charge in [0.1, 0.15) is 0 Å². The van der Waals surface area contributed by atoms with Crippen molar-refractivity contribution in [2.45, 2.75) is 25.7 Å². The van der Waals surface area contributed by atoms with Crippen molar-refractivity contribution in [1.29, 1.82) is 0 Å². The van der Waals surface area contributed by atoms with Gasteiger partial charge in [0.25, 0.3) is 5.91 Å². The lowest BCUT2D eigenvalue weighted by atomic mass is 10.1. The van der Waals surface area contributed by atoms with Gasteiger partial charge in [0, 0.05) is 17.8 Å². The maximum atomic E-state index is 12.0. The molecule has 0 aromatic heterocycles. The Bertz CT molecular complexity index is 495. The SMILES string of the molecule is NC(=O)Nc1ccc(C(=O)NCCCN2CCCCC2)cc1. The molecule has 6 heteroatoms. The molecule has 4 N–H and O–H groups in total. The van der Waals surface area contributed by atoms with E-state index in [0.717, 1.165) is 13.0 Å². The van der Waals surface area contributed by atoms with Crippen LogP contribution in [0.1, 0.15) is 36.0 Å². The molecule has 6 nitrogen and oxygen atoms in total. The summed E-state index contributed by atoms with van der Waals surface area (Å²) in [5.41, 5.74) is 6.19. The highest BCUT2D eigenvalue weighted by atomic mass is 16.2. The van der Waals surface area contributed by atoms with Crippen LogP contribution in [0.5, 0.6) is 0 Å². The van der Waals surface area contributed by atoms with Crippen LogP contribution < -0.4 is 16.4 Å². The van der Waals surface area contributed by atoms with Crippen LogP contribution in [0.2, 0.25) is 0 Å². The van der Waals surface area contributed by atoms with Gasteiger partial charge in [0.15, 0.2) is 0 Å². The van der Waals surface area contributed by atoms with Crippen LogP contribution >= 0.6 is 0 Å². The number of nitrogens with one attached hydrogen (secondary N) is 2. The molecular formula is C16H24N4O2. The van der Waals surface area contributed by atoms with Crippen molar-refractivity contribution in [1.82, 2.24) is 10.2 Å². The number of likely N-dealkylation sites (tertiary alicyclic amines) is 1. The predicted molar refractivity (Wildman–Crippen MR) is 86.9 cm³/mol. The Hall–Kier alpha value is -2.08. The molecule has 0 unspecified atom stereocenters. The first-order valence-corrected chi connectivity index (χ1v) is 7.82. The Morgan fingerprint density at radius 1 is 1.09 bits per heavy atom. The average molecular weight is 304 g/mol. The van der Waals surface area contributed by atoms with Crippen molar-refractivity contribution in [3.05, 3.63) is 29.8 Å². The molecule has 1 fully saturated rings. The summed E-state index contributed by atoms with van der Waals surface area (Å²) < 4.78 is 0. The van der Waals surface area contributed by atoms with Crippen molar-refractivity contribution in [3.8, 4) is 0 Å². The van der Waals surface area contributed by atoms with E-state index in [0.29, 0.717) is 17.8 Å². The van der Waals surface area contributed by atoms with Gasteiger partial charge in [-0.2, -0.15) is 0 Å². The smallest absolute Gasteiger partial charge is 0.316 e. The lowest BCUT2D eigenvalue weighted by Gasteiger charge is -2.26. The molecule has 2 rings (SSSR count). The summed E-state index contributed by atoms with van der Waals surface area (Å²) in [5, 5.41) is 5.38. The number of nitrogens with zero attached hydrogens (tertiary/aromatic N) is 1. The first kappa shape index (κ1) is 16.3. The number of benzene rings is 1. The van der Waals surface area contributed by atoms with E-state index in [2.05, 4.69) is 15.5 Å². The average Bonchev–Trinajstić information content (AvgIpc) is 2.52. The van der Waals surface area contributed by atoms with Crippen LogP contribution in [0.4, 0.5) is 10.5 Å². The van der Waals surface area contributed by atoms with Gasteiger partial charge >= 0.3 is 6.03 Å². The number of primary amides is 1. The Labute approximate surface area is 131 Å². The fourth-order valence-electron chi connectivity index (χ4n) is 2.64. The summed E-state index contributed by atoms with van der Waals surface area (Å²) in [6, 6.07) is 6.05. The molecule has 0 radical (unpaired) electrons. The molecule has 1 aliphatic rings. The van der Waals surface area contributed by atoms with E-state index in [9.17, 15) is 9.59 Å². The maximum absolute atomic E-state index is 12.0. The third kappa shape index (κ3) is 5.37. The van der Waals surface area contributed by atoms with Gasteiger partial charge in [0.2, 0.25) is 0 Å². The Kier molecular flexibility index (Phi) is 6.21. The Morgan fingerprint density at radius 2 is 1.77 bits per heavy atom. The molecule has 3 amide bonds. The molecule has 1 heterocycles. The highest BCUT2D eigenvalue weighted by molar-refractivity contribution is 5.95. The zero-order valence-corrected chi connectivity index (χ0v) is 12.8. The first-order valence-electron chi connectivity index (χ1n) is 7.82. The fourth-order valence-corrected chi connectivity index (χ4v) is 2.64. The molecule has 0 atom stereocenters. The summed E-state index contributed by atoms with van der Waals surface area (Å²) in [6.07, 6.45) is 4.89. The van der Waals surface area contributed by atoms with E-state index in [1.165, 1.54) is 32.4 Å². The van der Waals surface area contributed by atoms with Gasteiger partial charge in [-0.3, -0.25) is 4.79 Å². The summed E-state index contributed by atoms with van der Waals surface area (Å²) in [5.74, 6) is -0.0933. The third-order valence-corrected chi connectivity index (χ3v) is 3.80. The molecule has 120 valence electrons. The minimum Gasteiger partial charge on any atom is -0.352 e. The van der Waals surface area contributed by atoms with E-state index in [-0.39, 0.29) is 5.91 Å². The highest BCUT2D eigenvalue weighted by Gasteiger charge is 2.10. The van der Waals surface area contributed by atoms with Crippen LogP contribution in [0.25, 0.3) is 0 Å². The first-order chi connectivity index (χ1) is 10.6. The monoisotopic (exact) mass is 304 g/mol. The zero-order chi connectivity index (χ0) is 15.8. The van der Waals surface area contributed by atoms with Crippen molar-refractivity contribution < 1.29 is 9.59 Å². The number of nitrogens with two attached hydrogens (primary N) is 1. The summed E-state index contributed by atoms with van der Waals surface area (Å²) in [4.78, 5) is 25.2. The largest absolute Gasteiger partial charge is 0.352 e. The van der Waals surface area contributed by atoms with Gasteiger partial charge in [-0.05, 0) is 63.2 Å². The second-order valence-electron chi connectivity index (χ2n) is 5.58. The maximum Gasteiger partial charge on any atom is 0.316 e. The number of urea groups is 1. The lowest BCUT2D eigenvalue weighted by molar-refractivity contribution is 0.0951. The van der Waals surface area contributed by atoms with Gasteiger partial charge < -0.3 is 21.3 Å². The quantitative estimate of drug-likeness (QED) is 0.700. The number of anilines is 1. The minimum absolute atomic E-state index is 0.0933. The molecule has 1 saturated heterocycles. The molecule has 1 aromatic rings. The molecule has 1 aromatic carbocycles. The number of piperidine rings is 1. The Balaban J connectivity index is 1.69. The van der Waals surface area contributed by atoms with Crippen LogP contribution in [-0.4, -0.2) is 43.0 Å². The van der Waals surface area contributed by atoms with Crippen molar-refractivity contribution in [2.75, 3.05) is 31.5 Å². The second-order valence-corrected chi connectivity index (χ2v) is 5.58. The minimum atomic E-state index is -0.616. The van der Waals surface area contributed by atoms with Crippen LogP contribution in [0, 0.1) is 0 Å². The van der Waals surface area contributed by atoms with Crippen molar-refractivity contribution in [2.24, 2.45) is 5.73 Å². The number of hydrogen-bond donors (Lipinski definition) is 3. The summed E-state index contributed by atoms with van der Waals surface area (Å²) in [7, 11) is 0. The van der Waals surface area contributed by atoms with E-state index < -0.39 is 6.03 Å². The van der Waals surface area contributed by atoms with Crippen LogP contribution in [0.3, 0.4) is 0 Å². The number of carbonyl (C=O) groups is 2. The fraction of sp³-hybridized carbons (Fsp3) is 0.500. The molecule has 0 aliphatic carbocycles. The number of rotatable bonds is 6. The number of amides is 3. The zero-order valence-electron chi connectivity index (χ0n) is 12.8. The summed E-state index contributed by atoms with van der Waals surface area (Å²) in [6.45, 7) is 4.09. The van der Waals surface area contributed by atoms with Crippen molar-refractivity contribution >= 4 is 17.6 Å². The molecular weight excluding hydrogens is 280 g/mol. The van der Waals surface area contributed by atoms with E-state index in [1.54, 1.807) is 24.3 Å². The Morgan fingerprint density at radius 3 is 2.41 bits per heavy atom. The van der Waals surface area contributed by atoms with Crippen LogP contribution in [0.15, 0.2) is 24.3 Å². The van der Waals surface area contributed by atoms with Gasteiger partial charge in [-0.25, -0.2) is 4.79 Å². The number of hydrogen-bond acceptors (Lipinski definition) is 3. The number of carbonyl (C=O) groups excluding carboxylic acids is 2. The van der Waals surface area contributed by atoms with Crippen LogP contribution in [-0.2, 0) is 0 Å². The highest BCUT2D eigenvalue weighted by Crippen LogP contribution is 2.10. The van der Waals surface area contributed by atoms with E-state index >= 15 is 0 Å². The van der Waals surface area contributed by atoms with Gasteiger partial charge in [0.05, 0.1) is 0 Å². The van der Waals surface area contributed by atoms with Crippen molar-refractivity contribution in [3.63, 3.8) is 0 Å². The second kappa shape index (κ2) is 8.38. The van der Waals surface area contributed by atoms with E-state index in [4.69, 9.17) is 5.73 Å². The summed E-state index contributed by atoms with van der Waals surface area (Å²) >= 11 is 0. The third-order valence-electron chi connectivity index (χ3n) is 3.80. The molecule has 1 aliphatic heterocycles. The standard InChI is InChI=1S/C16H24N4O2/c17-16(22)19-14-7-5-13(6-8-14)15(21)18-9-4-12-20-10-2-1-3-11-20/h5-8H,1-4,9-12H2,(H,18,21)(H3,17,19,22). The van der Waals surface area contributed by atoms with E-state index in [1.807, 2.05) is 0 Å². The molecule has 0 saturated carbocycles. The molecule has 22 heavy (non-hydrogen) atoms. The molecule has 0 spiro atoms. The predicted octanol–water partition coefficient (Wildman–Crippen LogP) is 1.78.